The number of fused-ring (bicyclic) bond motifs is 1. The summed E-state index contributed by atoms with van der Waals surface area (Å²) in [5, 5.41) is 0. The molecule has 2 aromatic rings. The molecule has 84 valence electrons. The van der Waals surface area contributed by atoms with E-state index in [1.165, 1.54) is 22.3 Å². The Kier molecular flexibility index (Phi) is 3.16. The van der Waals surface area contributed by atoms with E-state index in [9.17, 15) is 0 Å². The van der Waals surface area contributed by atoms with Gasteiger partial charge in [0.25, 0.3) is 0 Å². The van der Waals surface area contributed by atoms with Gasteiger partial charge < -0.3 is 0 Å². The molecule has 2 aromatic carbocycles. The van der Waals surface area contributed by atoms with E-state index in [1.54, 1.807) is 5.57 Å². The van der Waals surface area contributed by atoms with Crippen LogP contribution in [0, 0.1) is 0 Å². The maximum absolute atomic E-state index is 2.39. The molecule has 1 unspecified atom stereocenters. The van der Waals surface area contributed by atoms with Gasteiger partial charge in [0.1, 0.15) is 0 Å². The van der Waals surface area contributed by atoms with E-state index >= 15 is 0 Å². The zero-order valence-electron chi connectivity index (χ0n) is 11.0. The van der Waals surface area contributed by atoms with Gasteiger partial charge in [0.05, 0.1) is 0 Å². The van der Waals surface area contributed by atoms with E-state index in [2.05, 4.69) is 79.2 Å². The third kappa shape index (κ3) is 1.87. The van der Waals surface area contributed by atoms with Crippen LogP contribution in [0.1, 0.15) is 29.1 Å². The number of hydrogen-bond donors (Lipinski definition) is 0. The van der Waals surface area contributed by atoms with Crippen molar-refractivity contribution < 1.29 is 0 Å². The topological polar surface area (TPSA) is 0 Å². The zero-order chi connectivity index (χ0) is 12.5. The molecule has 0 spiro atoms. The average molecular weight is 226 g/mol. The van der Waals surface area contributed by atoms with Crippen LogP contribution in [0.25, 0.3) is 17.2 Å². The maximum atomic E-state index is 2.39. The molecule has 0 bridgehead atoms. The van der Waals surface area contributed by atoms with Crippen molar-refractivity contribution in [1.82, 2.24) is 0 Å². The number of rotatable bonds is 2. The van der Waals surface area contributed by atoms with Crippen molar-refractivity contribution >= 4 is 23.8 Å². The monoisotopic (exact) mass is 226 g/mol. The van der Waals surface area contributed by atoms with Crippen LogP contribution >= 0.6 is 0 Å². The summed E-state index contributed by atoms with van der Waals surface area (Å²) in [7, 11) is 0. The van der Waals surface area contributed by atoms with Crippen molar-refractivity contribution in [2.75, 3.05) is 0 Å². The number of hydrogen-bond acceptors (Lipinski definition) is 0. The molecule has 0 N–H and O–H groups in total. The molecule has 3 rings (SSSR count). The van der Waals surface area contributed by atoms with Crippen LogP contribution in [0.15, 0.2) is 54.1 Å². The van der Waals surface area contributed by atoms with E-state index in [4.69, 9.17) is 0 Å². The van der Waals surface area contributed by atoms with Crippen molar-refractivity contribution in [2.24, 2.45) is 0 Å². The molecule has 0 aliphatic heterocycles. The predicted molar refractivity (Wildman–Crippen MR) is 78.6 cm³/mol. The molecule has 0 fully saturated rings. The summed E-state index contributed by atoms with van der Waals surface area (Å²) in [5.74, 6) is 0. The van der Waals surface area contributed by atoms with Gasteiger partial charge in [-0.1, -0.05) is 0 Å². The second-order valence-electron chi connectivity index (χ2n) is 4.97. The summed E-state index contributed by atoms with van der Waals surface area (Å²) in [6, 6.07) is 17.4. The molecular weight excluding hydrogens is 211 g/mol. The predicted octanol–water partition coefficient (Wildman–Crippen LogP) is 4.37. The van der Waals surface area contributed by atoms with Gasteiger partial charge in [-0.25, -0.2) is 0 Å². The van der Waals surface area contributed by atoms with Crippen LogP contribution in [-0.2, 0) is 0 Å². The summed E-state index contributed by atoms with van der Waals surface area (Å²) >= 11 is 2.32. The van der Waals surface area contributed by atoms with Crippen LogP contribution in [-0.4, -0.2) is 17.7 Å². The van der Waals surface area contributed by atoms with Gasteiger partial charge in [-0.15, -0.1) is 0 Å². The molecule has 0 amide bonds. The zero-order valence-corrected chi connectivity index (χ0v) is 11.0. The molecule has 1 atom stereocenters. The van der Waals surface area contributed by atoms with Gasteiger partial charge in [0.15, 0.2) is 0 Å². The van der Waals surface area contributed by atoms with Gasteiger partial charge in [0.2, 0.25) is 0 Å². The first-order valence-corrected chi connectivity index (χ1v) is 6.70. The van der Waals surface area contributed by atoms with Crippen molar-refractivity contribution in [2.45, 2.75) is 17.9 Å². The Morgan fingerprint density at radius 2 is 1.78 bits per heavy atom. The molecular formula is C17H15Li. The Balaban J connectivity index is 2.18. The molecule has 0 radical (unpaired) electrons. The first kappa shape index (κ1) is 11.8. The fraction of sp³-hybridized carbons (Fsp3) is 0.176. The fourth-order valence-electron chi connectivity index (χ4n) is 2.91. The fourth-order valence-corrected chi connectivity index (χ4v) is 2.91. The first-order chi connectivity index (χ1) is 8.81. The molecule has 1 heteroatoms. The van der Waals surface area contributed by atoms with Crippen molar-refractivity contribution in [3.63, 3.8) is 0 Å². The molecule has 0 heterocycles. The van der Waals surface area contributed by atoms with Crippen molar-refractivity contribution in [3.8, 4) is 11.1 Å². The molecule has 1 aliphatic carbocycles. The number of allylic oxidation sites excluding steroid dienone is 1. The van der Waals surface area contributed by atoms with Crippen LogP contribution in [0.4, 0.5) is 0 Å². The van der Waals surface area contributed by atoms with E-state index in [-0.39, 0.29) is 0 Å². The van der Waals surface area contributed by atoms with Crippen LogP contribution in [0.2, 0.25) is 0 Å². The number of benzene rings is 2. The third-order valence-corrected chi connectivity index (χ3v) is 3.99. The Labute approximate surface area is 118 Å². The van der Waals surface area contributed by atoms with Gasteiger partial charge in [-0.3, -0.25) is 0 Å². The van der Waals surface area contributed by atoms with Gasteiger partial charge in [0, 0.05) is 0 Å². The molecule has 18 heavy (non-hydrogen) atoms. The Bertz CT molecular complexity index is 596. The minimum atomic E-state index is 0.577. The Hall–Kier alpha value is -1.22. The average Bonchev–Trinajstić information content (AvgIpc) is 2.77. The molecule has 0 nitrogen and oxygen atoms in total. The van der Waals surface area contributed by atoms with Crippen molar-refractivity contribution in [1.29, 1.82) is 0 Å². The summed E-state index contributed by atoms with van der Waals surface area (Å²) in [6.07, 6.45) is 3.53. The first-order valence-electron chi connectivity index (χ1n) is 6.70. The molecule has 1 aliphatic rings. The van der Waals surface area contributed by atoms with Gasteiger partial charge in [-0.05, 0) is 0 Å². The van der Waals surface area contributed by atoms with E-state index in [0.29, 0.717) is 4.59 Å². The Morgan fingerprint density at radius 3 is 2.50 bits per heavy atom. The SMILES string of the molecule is [Li][CH]1C(CC)=Cc2c(-c3ccccc3)cccc21. The van der Waals surface area contributed by atoms with E-state index < -0.39 is 0 Å². The second-order valence-corrected chi connectivity index (χ2v) is 4.97. The summed E-state index contributed by atoms with van der Waals surface area (Å²) in [4.78, 5) is 0. The van der Waals surface area contributed by atoms with Gasteiger partial charge in [-0.2, -0.15) is 0 Å². The third-order valence-electron chi connectivity index (χ3n) is 3.99. The van der Waals surface area contributed by atoms with Crippen LogP contribution in [0.5, 0.6) is 0 Å². The summed E-state index contributed by atoms with van der Waals surface area (Å²) in [5.41, 5.74) is 7.13. The quantitative estimate of drug-likeness (QED) is 0.667. The molecule has 0 saturated heterocycles. The summed E-state index contributed by atoms with van der Waals surface area (Å²) < 4.78 is 0.577. The molecule has 0 aromatic heterocycles. The van der Waals surface area contributed by atoms with E-state index in [0.717, 1.165) is 6.42 Å². The standard InChI is InChI=1S/C17H15.Li/c1-2-13-11-15-9-6-10-16(17(15)12-13)14-7-4-3-5-8-14;/h3-12H,2H2,1H3;. The van der Waals surface area contributed by atoms with Crippen LogP contribution < -0.4 is 0 Å². The minimum absolute atomic E-state index is 0.577. The Morgan fingerprint density at radius 1 is 1.00 bits per heavy atom. The van der Waals surface area contributed by atoms with Gasteiger partial charge >= 0.3 is 118 Å². The van der Waals surface area contributed by atoms with Crippen LogP contribution in [0.3, 0.4) is 0 Å². The van der Waals surface area contributed by atoms with Crippen molar-refractivity contribution in [3.05, 3.63) is 65.2 Å². The summed E-state index contributed by atoms with van der Waals surface area (Å²) in [6.45, 7) is 2.25. The normalized spacial score (nSPS) is 17.5. The van der Waals surface area contributed by atoms with E-state index in [1.807, 2.05) is 0 Å². The molecule has 0 saturated carbocycles. The second kappa shape index (κ2) is 4.81.